The van der Waals surface area contributed by atoms with Crippen LogP contribution in [0.3, 0.4) is 0 Å². The van der Waals surface area contributed by atoms with Crippen molar-refractivity contribution in [3.05, 3.63) is 76.0 Å². The molecule has 0 amide bonds. The van der Waals surface area contributed by atoms with Gasteiger partial charge in [-0.1, -0.05) is 29.8 Å². The van der Waals surface area contributed by atoms with Crippen molar-refractivity contribution in [2.24, 2.45) is 0 Å². The van der Waals surface area contributed by atoms with Gasteiger partial charge in [0.15, 0.2) is 11.5 Å². The van der Waals surface area contributed by atoms with Crippen LogP contribution in [0.1, 0.15) is 18.1 Å². The van der Waals surface area contributed by atoms with E-state index in [0.717, 1.165) is 11.1 Å². The van der Waals surface area contributed by atoms with E-state index in [1.54, 1.807) is 35.0 Å². The predicted molar refractivity (Wildman–Crippen MR) is 104 cm³/mol. The van der Waals surface area contributed by atoms with Gasteiger partial charge in [-0.2, -0.15) is 0 Å². The highest BCUT2D eigenvalue weighted by Gasteiger charge is 2.31. The lowest BCUT2D eigenvalue weighted by Gasteiger charge is -2.23. The number of carbonyl (C=O) groups is 1. The maximum atomic E-state index is 13.4. The maximum absolute atomic E-state index is 13.4. The molecule has 1 atom stereocenters. The van der Waals surface area contributed by atoms with Crippen LogP contribution in [-0.2, 0) is 17.8 Å². The van der Waals surface area contributed by atoms with Crippen molar-refractivity contribution in [2.75, 3.05) is 0 Å². The number of aryl methyl sites for hydroxylation is 1. The van der Waals surface area contributed by atoms with E-state index < -0.39 is 11.4 Å². The van der Waals surface area contributed by atoms with Gasteiger partial charge in [-0.15, -0.1) is 0 Å². The summed E-state index contributed by atoms with van der Waals surface area (Å²) < 4.78 is 15.1. The van der Waals surface area contributed by atoms with Gasteiger partial charge in [0, 0.05) is 23.5 Å². The highest BCUT2D eigenvalue weighted by atomic mass is 35.5. The number of nitrogens with zero attached hydrogens (tertiary/aromatic N) is 2. The molecule has 0 aliphatic rings. The van der Waals surface area contributed by atoms with E-state index in [2.05, 4.69) is 4.85 Å². The summed E-state index contributed by atoms with van der Waals surface area (Å²) in [7, 11) is 0. The number of carbonyl (C=O) groups excluding carboxylic acids is 1. The first-order valence-corrected chi connectivity index (χ1v) is 8.75. The van der Waals surface area contributed by atoms with Crippen LogP contribution in [0.4, 0.5) is 10.1 Å². The van der Waals surface area contributed by atoms with Gasteiger partial charge in [0.05, 0.1) is 18.1 Å². The summed E-state index contributed by atoms with van der Waals surface area (Å²) in [5, 5.41) is 11.6. The van der Waals surface area contributed by atoms with Gasteiger partial charge in [0.2, 0.25) is 0 Å². The Labute approximate surface area is 161 Å². The second-order valence-electron chi connectivity index (χ2n) is 6.87. The molecule has 0 unspecified atom stereocenters. The van der Waals surface area contributed by atoms with Gasteiger partial charge < -0.3 is 9.67 Å². The van der Waals surface area contributed by atoms with Crippen LogP contribution in [0, 0.1) is 19.3 Å². The first kappa shape index (κ1) is 19.1. The van der Waals surface area contributed by atoms with Crippen molar-refractivity contribution in [1.82, 2.24) is 4.57 Å². The summed E-state index contributed by atoms with van der Waals surface area (Å²) >= 11 is 6.16. The van der Waals surface area contributed by atoms with Crippen LogP contribution in [0.2, 0.25) is 5.02 Å². The third-order valence-electron chi connectivity index (χ3n) is 4.62. The smallest absolute Gasteiger partial charge is 0.190 e. The van der Waals surface area contributed by atoms with Crippen molar-refractivity contribution >= 4 is 34.0 Å². The number of Topliss-reactive ketones (excluding diaryl/α,β-unsaturated/α-hetero) is 1. The number of hydrogen-bond acceptors (Lipinski definition) is 2. The number of rotatable bonds is 5. The van der Waals surface area contributed by atoms with Crippen LogP contribution in [0.15, 0.2) is 42.6 Å². The van der Waals surface area contributed by atoms with Crippen LogP contribution in [-0.4, -0.2) is 21.1 Å². The summed E-state index contributed by atoms with van der Waals surface area (Å²) in [5.74, 6) is -0.749. The zero-order chi connectivity index (χ0) is 19.8. The van der Waals surface area contributed by atoms with Crippen molar-refractivity contribution in [2.45, 2.75) is 32.4 Å². The molecule has 3 rings (SSSR count). The topological polar surface area (TPSA) is 46.6 Å². The molecule has 1 heterocycles. The zero-order valence-electron chi connectivity index (χ0n) is 15.0. The Morgan fingerprint density at radius 1 is 1.33 bits per heavy atom. The molecular weight excluding hydrogens is 367 g/mol. The molecule has 0 fully saturated rings. The minimum absolute atomic E-state index is 0.000194. The molecule has 0 saturated heterocycles. The monoisotopic (exact) mass is 384 g/mol. The highest BCUT2D eigenvalue weighted by molar-refractivity contribution is 6.35. The van der Waals surface area contributed by atoms with Crippen molar-refractivity contribution < 1.29 is 14.3 Å². The van der Waals surface area contributed by atoms with E-state index in [1.165, 1.54) is 19.1 Å². The SMILES string of the molecule is [C-]#[N+]c1ccc(CC(=O)[C@@](C)(O)Cn2cc(Cl)c3cc(F)ccc32)cc1C. The number of aliphatic hydroxyl groups is 1. The number of hydrogen-bond donors (Lipinski definition) is 1. The number of aromatic nitrogens is 1. The third kappa shape index (κ3) is 3.87. The van der Waals surface area contributed by atoms with Gasteiger partial charge in [-0.25, -0.2) is 9.24 Å². The minimum Gasteiger partial charge on any atom is -0.380 e. The second kappa shape index (κ2) is 7.15. The highest BCUT2D eigenvalue weighted by Crippen LogP contribution is 2.28. The fraction of sp³-hybridized carbons (Fsp3) is 0.238. The van der Waals surface area contributed by atoms with Crippen LogP contribution in [0.5, 0.6) is 0 Å². The largest absolute Gasteiger partial charge is 0.380 e. The molecule has 2 aromatic carbocycles. The van der Waals surface area contributed by atoms with Crippen LogP contribution in [0.25, 0.3) is 15.7 Å². The van der Waals surface area contributed by atoms with Crippen LogP contribution >= 0.6 is 11.6 Å². The quantitative estimate of drug-likeness (QED) is 0.639. The lowest BCUT2D eigenvalue weighted by atomic mass is 9.94. The molecule has 0 saturated carbocycles. The number of halogens is 2. The average Bonchev–Trinajstić information content (AvgIpc) is 2.89. The molecule has 0 bridgehead atoms. The molecule has 1 N–H and O–H groups in total. The van der Waals surface area contributed by atoms with Gasteiger partial charge in [0.25, 0.3) is 0 Å². The van der Waals surface area contributed by atoms with Gasteiger partial charge >= 0.3 is 0 Å². The number of fused-ring (bicyclic) bond motifs is 1. The Morgan fingerprint density at radius 3 is 2.74 bits per heavy atom. The fourth-order valence-electron chi connectivity index (χ4n) is 3.11. The normalized spacial score (nSPS) is 13.3. The Bertz CT molecular complexity index is 1080. The molecule has 1 aromatic heterocycles. The van der Waals surface area contributed by atoms with E-state index >= 15 is 0 Å². The lowest BCUT2D eigenvalue weighted by molar-refractivity contribution is -0.136. The molecule has 0 radical (unpaired) electrons. The van der Waals surface area contributed by atoms with Crippen molar-refractivity contribution in [1.29, 1.82) is 0 Å². The summed E-state index contributed by atoms with van der Waals surface area (Å²) in [6.07, 6.45) is 1.63. The summed E-state index contributed by atoms with van der Waals surface area (Å²) in [6, 6.07) is 9.39. The first-order valence-electron chi connectivity index (χ1n) is 8.38. The molecule has 138 valence electrons. The Morgan fingerprint density at radius 2 is 2.07 bits per heavy atom. The lowest BCUT2D eigenvalue weighted by Crippen LogP contribution is -2.40. The van der Waals surface area contributed by atoms with E-state index in [0.29, 0.717) is 21.6 Å². The standard InChI is InChI=1S/C21H18ClFN2O2/c1-13-8-14(4-6-18(13)24-3)9-20(26)21(2,27)12-25-11-17(22)16-10-15(23)5-7-19(16)25/h4-8,10-11,27H,9,12H2,1-2H3/t21-/m0/s1. The van der Waals surface area contributed by atoms with E-state index in [4.69, 9.17) is 18.2 Å². The summed E-state index contributed by atoms with van der Waals surface area (Å²) in [5.41, 5.74) is 1.09. The Balaban J connectivity index is 1.83. The number of ketones is 1. The summed E-state index contributed by atoms with van der Waals surface area (Å²) in [4.78, 5) is 16.1. The first-order chi connectivity index (χ1) is 12.7. The number of benzene rings is 2. The molecular formula is C21H18ClFN2O2. The second-order valence-corrected chi connectivity index (χ2v) is 7.28. The third-order valence-corrected chi connectivity index (χ3v) is 4.92. The van der Waals surface area contributed by atoms with Crippen LogP contribution < -0.4 is 0 Å². The zero-order valence-corrected chi connectivity index (χ0v) is 15.7. The molecule has 0 aliphatic carbocycles. The summed E-state index contributed by atoms with van der Waals surface area (Å²) in [6.45, 7) is 10.4. The maximum Gasteiger partial charge on any atom is 0.190 e. The Kier molecular flexibility index (Phi) is 5.05. The average molecular weight is 385 g/mol. The molecule has 4 nitrogen and oxygen atoms in total. The van der Waals surface area contributed by atoms with Gasteiger partial charge in [-0.3, -0.25) is 4.79 Å². The van der Waals surface area contributed by atoms with Gasteiger partial charge in [0.1, 0.15) is 11.4 Å². The van der Waals surface area contributed by atoms with Gasteiger partial charge in [-0.05, 0) is 43.2 Å². The van der Waals surface area contributed by atoms with Crippen molar-refractivity contribution in [3.63, 3.8) is 0 Å². The van der Waals surface area contributed by atoms with Crippen molar-refractivity contribution in [3.8, 4) is 0 Å². The van der Waals surface area contributed by atoms with E-state index in [9.17, 15) is 14.3 Å². The van der Waals surface area contributed by atoms with E-state index in [-0.39, 0.29) is 18.7 Å². The Hall–Kier alpha value is -2.68. The molecule has 6 heteroatoms. The molecule has 0 spiro atoms. The molecule has 3 aromatic rings. The molecule has 0 aliphatic heterocycles. The fourth-order valence-corrected chi connectivity index (χ4v) is 3.37. The minimum atomic E-state index is -1.63. The van der Waals surface area contributed by atoms with E-state index in [1.807, 2.05) is 6.92 Å². The predicted octanol–water partition coefficient (Wildman–Crippen LogP) is 4.86. The molecule has 27 heavy (non-hydrogen) atoms.